The van der Waals surface area contributed by atoms with Crippen molar-refractivity contribution in [2.45, 2.75) is 101 Å². The molecule has 2 nitrogen and oxygen atoms in total. The summed E-state index contributed by atoms with van der Waals surface area (Å²) in [5, 5.41) is -3.68. The van der Waals surface area contributed by atoms with Gasteiger partial charge in [-0.25, -0.2) is 0 Å². The monoisotopic (exact) mass is 824 g/mol. The Hall–Kier alpha value is -1.62. The van der Waals surface area contributed by atoms with Gasteiger partial charge in [-0.05, 0) is 12.2 Å². The minimum absolute atomic E-state index is 1.06. The number of alkyl halides is 25. The summed E-state index contributed by atoms with van der Waals surface area (Å²) in [6, 6.07) is 0. The summed E-state index contributed by atoms with van der Waals surface area (Å²) >= 11 is 10.2. The first-order chi connectivity index (χ1) is 20.4. The van der Waals surface area contributed by atoms with E-state index in [2.05, 4.69) is 37.5 Å². The molecular weight excluding hydrogens is 815 g/mol. The van der Waals surface area contributed by atoms with Crippen molar-refractivity contribution < 1.29 is 110 Å². The molecule has 0 saturated heterocycles. The Bertz CT molecular complexity index is 1310. The molecule has 30 heteroatoms. The predicted octanol–water partition coefficient (Wildman–Crippen LogP) is 10.2. The fraction of sp³-hybridized carbons (Fsp3) is 0.833. The summed E-state index contributed by atoms with van der Waals surface area (Å²) in [6.07, 6.45) is -7.80. The minimum atomic E-state index is -8.41. The Morgan fingerprint density at radius 2 is 0.646 bits per heavy atom. The van der Waals surface area contributed by atoms with Crippen LogP contribution in [0.25, 0.3) is 0 Å². The van der Waals surface area contributed by atoms with Crippen molar-refractivity contribution in [3.8, 4) is 0 Å². The molecule has 1 aromatic heterocycles. The molecule has 0 aliphatic carbocycles. The van der Waals surface area contributed by atoms with Crippen molar-refractivity contribution in [1.29, 1.82) is 0 Å². The molecule has 0 saturated carbocycles. The van der Waals surface area contributed by atoms with Crippen LogP contribution >= 0.6 is 37.5 Å². The largest absolute Gasteiger partial charge is 0.460 e. The minimum Gasteiger partial charge on any atom is -0.305 e. The van der Waals surface area contributed by atoms with Crippen molar-refractivity contribution in [2.75, 3.05) is 0 Å². The Balaban J connectivity index is 3.76. The zero-order valence-corrected chi connectivity index (χ0v) is 24.2. The van der Waals surface area contributed by atoms with Crippen molar-refractivity contribution >= 4 is 37.5 Å². The number of thiol groups is 2. The van der Waals surface area contributed by atoms with E-state index >= 15 is 0 Å². The topological polar surface area (TPSA) is 9.86 Å². The maximum atomic E-state index is 14.4. The fourth-order valence-electron chi connectivity index (χ4n) is 3.15. The first kappa shape index (κ1) is 44.4. The van der Waals surface area contributed by atoms with E-state index in [9.17, 15) is 110 Å². The summed E-state index contributed by atoms with van der Waals surface area (Å²) < 4.78 is 334. The number of nitrogens with zero attached hydrogens (tertiary/aromatic N) is 2. The summed E-state index contributed by atoms with van der Waals surface area (Å²) in [5.41, 5.74) is 0. The molecule has 0 aliphatic heterocycles. The van der Waals surface area contributed by atoms with Crippen LogP contribution < -0.4 is 0 Å². The van der Waals surface area contributed by atoms with Gasteiger partial charge >= 0.3 is 71.3 Å². The molecule has 1 heterocycles. The number of hydrogen-bond donors (Lipinski definition) is 2. The van der Waals surface area contributed by atoms with Gasteiger partial charge in [0.25, 0.3) is 0 Å². The molecule has 0 fully saturated rings. The molecule has 0 unspecified atom stereocenters. The number of imidazole rings is 1. The Morgan fingerprint density at radius 3 is 0.875 bits per heavy atom. The zero-order chi connectivity index (χ0) is 39.3. The van der Waals surface area contributed by atoms with Crippen LogP contribution in [0.4, 0.5) is 110 Å². The molecule has 0 radical (unpaired) electrons. The second-order valence-corrected chi connectivity index (χ2v) is 10.7. The number of rotatable bonds is 13. The van der Waals surface area contributed by atoms with Crippen LogP contribution in [0.15, 0.2) is 10.1 Å². The van der Waals surface area contributed by atoms with E-state index in [-0.39, 0.29) is 0 Å². The summed E-state index contributed by atoms with van der Waals surface area (Å²) in [7, 11) is 0. The van der Waals surface area contributed by atoms with Crippen LogP contribution in [0.2, 0.25) is 0 Å². The van der Waals surface area contributed by atoms with E-state index < -0.39 is 115 Å². The number of aromatic nitrogens is 2. The molecule has 284 valence electrons. The lowest BCUT2D eigenvalue weighted by Gasteiger charge is -2.40. The maximum Gasteiger partial charge on any atom is 0.460 e. The van der Waals surface area contributed by atoms with Crippen LogP contribution in [-0.4, -0.2) is 80.5 Å². The molecular formula is C18H9F25N2S3. The van der Waals surface area contributed by atoms with Gasteiger partial charge in [0.15, 0.2) is 4.77 Å². The maximum absolute atomic E-state index is 14.4. The van der Waals surface area contributed by atoms with Gasteiger partial charge in [0, 0.05) is 6.92 Å². The molecule has 0 atom stereocenters. The van der Waals surface area contributed by atoms with Crippen LogP contribution in [-0.2, 0) is 13.1 Å². The van der Waals surface area contributed by atoms with Crippen molar-refractivity contribution in [3.63, 3.8) is 0 Å². The first-order valence-electron chi connectivity index (χ1n) is 10.9. The average molecular weight is 824 g/mol. The van der Waals surface area contributed by atoms with Crippen molar-refractivity contribution in [3.05, 3.63) is 4.77 Å². The number of hydrogen-bond acceptors (Lipinski definition) is 3. The molecule has 48 heavy (non-hydrogen) atoms. The lowest BCUT2D eigenvalue weighted by atomic mass is 9.92. The highest BCUT2D eigenvalue weighted by Gasteiger charge is 2.91. The third-order valence-electron chi connectivity index (χ3n) is 6.08. The first-order valence-corrected chi connectivity index (χ1v) is 12.2. The molecule has 0 aromatic carbocycles. The normalized spacial score (nSPS) is 16.2. The standard InChI is InChI=1S/C18H9F25N2S3/c1-7(19,20)10(25,26)13(31,32)14(33,34)11(27,28)8(21,22)2-44-4(46)5(47)45(6(44)48)3-9(23,24)12(29,30)15(35,36)16(37,38)17(39,40)18(41,42)43/h46-47H,2-3H2,1H3. The highest BCUT2D eigenvalue weighted by atomic mass is 32.1. The second-order valence-electron chi connectivity index (χ2n) is 9.49. The predicted molar refractivity (Wildman–Crippen MR) is 114 cm³/mol. The smallest absolute Gasteiger partial charge is 0.305 e. The highest BCUT2D eigenvalue weighted by molar-refractivity contribution is 7.83. The molecule has 1 aromatic rings. The zero-order valence-electron chi connectivity index (χ0n) is 21.6. The fourth-order valence-corrected chi connectivity index (χ4v) is 4.17. The lowest BCUT2D eigenvalue weighted by molar-refractivity contribution is -0.440. The average Bonchev–Trinajstić information content (AvgIpc) is 3.04. The van der Waals surface area contributed by atoms with E-state index in [0.717, 1.165) is 0 Å². The van der Waals surface area contributed by atoms with Crippen LogP contribution in [0, 0.1) is 4.77 Å². The Labute approximate surface area is 263 Å². The summed E-state index contributed by atoms with van der Waals surface area (Å²) in [6.45, 7) is -8.24. The van der Waals surface area contributed by atoms with Gasteiger partial charge in [-0.1, -0.05) is 0 Å². The van der Waals surface area contributed by atoms with Gasteiger partial charge < -0.3 is 9.13 Å². The van der Waals surface area contributed by atoms with E-state index in [4.69, 9.17) is 0 Å². The van der Waals surface area contributed by atoms with E-state index in [1.807, 2.05) is 0 Å². The quantitative estimate of drug-likeness (QED) is 0.115. The molecule has 0 aliphatic rings. The molecule has 0 N–H and O–H groups in total. The van der Waals surface area contributed by atoms with E-state index in [0.29, 0.717) is 0 Å². The summed E-state index contributed by atoms with van der Waals surface area (Å²) in [4.78, 5) is 0. The van der Waals surface area contributed by atoms with Crippen molar-refractivity contribution in [2.24, 2.45) is 0 Å². The molecule has 0 bridgehead atoms. The second kappa shape index (κ2) is 11.7. The van der Waals surface area contributed by atoms with Gasteiger partial charge in [0.05, 0.1) is 13.1 Å². The van der Waals surface area contributed by atoms with Gasteiger partial charge in [-0.2, -0.15) is 110 Å². The van der Waals surface area contributed by atoms with Gasteiger partial charge in [0.2, 0.25) is 0 Å². The van der Waals surface area contributed by atoms with Crippen molar-refractivity contribution in [1.82, 2.24) is 9.13 Å². The Morgan fingerprint density at radius 1 is 0.417 bits per heavy atom. The van der Waals surface area contributed by atoms with Crippen LogP contribution in [0.1, 0.15) is 6.92 Å². The van der Waals surface area contributed by atoms with Gasteiger partial charge in [0.1, 0.15) is 10.1 Å². The van der Waals surface area contributed by atoms with Gasteiger partial charge in [-0.3, -0.25) is 0 Å². The highest BCUT2D eigenvalue weighted by Crippen LogP contribution is 2.62. The number of halogens is 25. The molecule has 1 rings (SSSR count). The summed E-state index contributed by atoms with van der Waals surface area (Å²) in [5.74, 6) is -85.0. The molecule has 0 spiro atoms. The van der Waals surface area contributed by atoms with E-state index in [1.54, 1.807) is 0 Å². The van der Waals surface area contributed by atoms with Crippen LogP contribution in [0.5, 0.6) is 0 Å². The third kappa shape index (κ3) is 5.96. The third-order valence-corrected chi connectivity index (χ3v) is 7.60. The SMILES string of the molecule is CC(F)(F)C(F)(F)C(F)(F)C(F)(F)C(F)(F)C(F)(F)Cn1c(S)c(S)n(CC(F)(F)C(F)(F)C(F)(F)C(F)(F)C(F)(F)C(F)(F)F)c1=S. The Kier molecular flexibility index (Phi) is 10.8. The van der Waals surface area contributed by atoms with Crippen LogP contribution in [0.3, 0.4) is 0 Å². The van der Waals surface area contributed by atoms with Gasteiger partial charge in [-0.15, -0.1) is 25.3 Å². The lowest BCUT2D eigenvalue weighted by Crippen LogP contribution is -2.70. The van der Waals surface area contributed by atoms with E-state index in [1.165, 1.54) is 0 Å². The molecule has 0 amide bonds.